The molecule has 0 fully saturated rings. The summed E-state index contributed by atoms with van der Waals surface area (Å²) in [6.45, 7) is 9.54. The first-order valence-corrected chi connectivity index (χ1v) is 10.1. The van der Waals surface area contributed by atoms with Gasteiger partial charge in [-0.15, -0.1) is 35.3 Å². The third-order valence-corrected chi connectivity index (χ3v) is 4.64. The predicted molar refractivity (Wildman–Crippen MR) is 130 cm³/mol. The average Bonchev–Trinajstić information content (AvgIpc) is 3.07. The summed E-state index contributed by atoms with van der Waals surface area (Å²) in [5, 5.41) is 9.35. The number of carbonyl (C=O) groups excluding carboxylic acids is 1. The number of nitrogens with zero attached hydrogens (tertiary/aromatic N) is 2. The zero-order valence-corrected chi connectivity index (χ0v) is 20.7. The summed E-state index contributed by atoms with van der Waals surface area (Å²) in [6, 6.07) is 7.94. The van der Waals surface area contributed by atoms with Crippen molar-refractivity contribution in [3.05, 3.63) is 45.9 Å². The number of guanidine groups is 1. The van der Waals surface area contributed by atoms with E-state index in [-0.39, 0.29) is 35.5 Å². The minimum atomic E-state index is -0.259. The number of benzene rings is 1. The van der Waals surface area contributed by atoms with Crippen molar-refractivity contribution >= 4 is 47.2 Å². The Balaban J connectivity index is 0.00000420. The van der Waals surface area contributed by atoms with Crippen LogP contribution in [0.1, 0.15) is 41.7 Å². The van der Waals surface area contributed by atoms with E-state index in [0.29, 0.717) is 30.5 Å². The molecule has 0 spiro atoms. The molecule has 0 aliphatic heterocycles. The van der Waals surface area contributed by atoms with E-state index in [9.17, 15) is 4.79 Å². The highest BCUT2D eigenvalue weighted by molar-refractivity contribution is 14.0. The molecule has 0 bridgehead atoms. The second-order valence-electron chi connectivity index (χ2n) is 7.20. The Morgan fingerprint density at radius 3 is 2.48 bits per heavy atom. The number of aryl methyl sites for hydroxylation is 1. The van der Waals surface area contributed by atoms with Crippen LogP contribution in [0.4, 0.5) is 0 Å². The van der Waals surface area contributed by atoms with Crippen molar-refractivity contribution in [3.63, 3.8) is 0 Å². The Morgan fingerprint density at radius 1 is 1.17 bits per heavy atom. The third-order valence-electron chi connectivity index (χ3n) is 3.71. The van der Waals surface area contributed by atoms with Crippen molar-refractivity contribution in [2.24, 2.45) is 4.99 Å². The number of halogens is 1. The van der Waals surface area contributed by atoms with Crippen molar-refractivity contribution < 1.29 is 9.53 Å². The van der Waals surface area contributed by atoms with Gasteiger partial charge in [0.2, 0.25) is 0 Å². The summed E-state index contributed by atoms with van der Waals surface area (Å²) in [4.78, 5) is 21.0. The van der Waals surface area contributed by atoms with Crippen LogP contribution in [-0.2, 0) is 6.54 Å². The Morgan fingerprint density at radius 2 is 1.86 bits per heavy atom. The van der Waals surface area contributed by atoms with Gasteiger partial charge in [-0.1, -0.05) is 18.2 Å². The van der Waals surface area contributed by atoms with Crippen LogP contribution in [0.5, 0.6) is 5.75 Å². The monoisotopic (exact) mass is 531 g/mol. The van der Waals surface area contributed by atoms with E-state index in [1.165, 1.54) is 11.3 Å². The zero-order chi connectivity index (χ0) is 20.6. The molecule has 1 aromatic carbocycles. The number of thiazole rings is 1. The molecule has 1 heterocycles. The molecule has 1 aromatic heterocycles. The summed E-state index contributed by atoms with van der Waals surface area (Å²) in [5.74, 6) is 1.41. The number of rotatable bonds is 7. The molecule has 0 unspecified atom stereocenters. The van der Waals surface area contributed by atoms with Gasteiger partial charge in [0.05, 0.1) is 11.2 Å². The molecule has 0 atom stereocenters. The van der Waals surface area contributed by atoms with E-state index in [1.807, 2.05) is 52.0 Å². The van der Waals surface area contributed by atoms with Crippen LogP contribution in [0.3, 0.4) is 0 Å². The van der Waals surface area contributed by atoms with E-state index in [4.69, 9.17) is 4.74 Å². The first kappa shape index (κ1) is 25.2. The fraction of sp³-hybridized carbons (Fsp3) is 0.450. The van der Waals surface area contributed by atoms with Crippen molar-refractivity contribution in [1.29, 1.82) is 0 Å². The lowest BCUT2D eigenvalue weighted by Gasteiger charge is -2.23. The standard InChI is InChI=1S/C20H29N5O2S.HI/c1-14-17(28-13-25-14)18(26)22-10-11-23-19(21-5)24-12-15-8-6-7-9-16(15)27-20(2,3)4;/h6-9,13H,10-12H2,1-5H3,(H,22,26)(H2,21,23,24);1H. The van der Waals surface area contributed by atoms with Crippen molar-refractivity contribution in [2.75, 3.05) is 20.1 Å². The summed E-state index contributed by atoms with van der Waals surface area (Å²) < 4.78 is 6.02. The molecule has 2 aromatic rings. The lowest BCUT2D eigenvalue weighted by atomic mass is 10.1. The van der Waals surface area contributed by atoms with Gasteiger partial charge in [0.15, 0.2) is 5.96 Å². The normalized spacial score (nSPS) is 11.4. The van der Waals surface area contributed by atoms with E-state index in [1.54, 1.807) is 12.6 Å². The number of ether oxygens (including phenoxy) is 1. The number of aromatic nitrogens is 1. The minimum Gasteiger partial charge on any atom is -0.488 e. The average molecular weight is 531 g/mol. The summed E-state index contributed by atoms with van der Waals surface area (Å²) >= 11 is 1.35. The molecule has 0 radical (unpaired) electrons. The third kappa shape index (κ3) is 8.57. The number of carbonyl (C=O) groups is 1. The smallest absolute Gasteiger partial charge is 0.263 e. The van der Waals surface area contributed by atoms with Gasteiger partial charge in [0, 0.05) is 32.2 Å². The second kappa shape index (κ2) is 12.0. The van der Waals surface area contributed by atoms with Crippen molar-refractivity contribution in [1.82, 2.24) is 20.9 Å². The summed E-state index contributed by atoms with van der Waals surface area (Å²) in [6.07, 6.45) is 0. The van der Waals surface area contributed by atoms with Crippen molar-refractivity contribution in [3.8, 4) is 5.75 Å². The number of hydrogen-bond donors (Lipinski definition) is 3. The molecule has 29 heavy (non-hydrogen) atoms. The molecule has 0 aliphatic carbocycles. The van der Waals surface area contributed by atoms with Crippen LogP contribution in [-0.4, -0.2) is 42.6 Å². The highest BCUT2D eigenvalue weighted by Crippen LogP contribution is 2.22. The maximum Gasteiger partial charge on any atom is 0.263 e. The van der Waals surface area contributed by atoms with Gasteiger partial charge in [0.25, 0.3) is 5.91 Å². The second-order valence-corrected chi connectivity index (χ2v) is 8.05. The molecular weight excluding hydrogens is 501 g/mol. The van der Waals surface area contributed by atoms with Crippen LogP contribution < -0.4 is 20.7 Å². The predicted octanol–water partition coefficient (Wildman–Crippen LogP) is 3.34. The van der Waals surface area contributed by atoms with Gasteiger partial charge >= 0.3 is 0 Å². The molecule has 9 heteroatoms. The van der Waals surface area contributed by atoms with Gasteiger partial charge in [-0.25, -0.2) is 4.98 Å². The van der Waals surface area contributed by atoms with E-state index in [2.05, 4.69) is 25.9 Å². The van der Waals surface area contributed by atoms with Gasteiger partial charge in [-0.2, -0.15) is 0 Å². The Kier molecular flexibility index (Phi) is 10.4. The maximum absolute atomic E-state index is 12.1. The quantitative estimate of drug-likeness (QED) is 0.221. The topological polar surface area (TPSA) is 87.6 Å². The van der Waals surface area contributed by atoms with Crippen LogP contribution in [0.15, 0.2) is 34.8 Å². The number of para-hydroxylation sites is 1. The lowest BCUT2D eigenvalue weighted by molar-refractivity contribution is 0.0957. The molecule has 0 aliphatic rings. The van der Waals surface area contributed by atoms with Crippen LogP contribution in [0.25, 0.3) is 0 Å². The van der Waals surface area contributed by atoms with Crippen molar-refractivity contribution in [2.45, 2.75) is 39.8 Å². The fourth-order valence-corrected chi connectivity index (χ4v) is 3.15. The number of hydrogen-bond acceptors (Lipinski definition) is 5. The molecule has 7 nitrogen and oxygen atoms in total. The largest absolute Gasteiger partial charge is 0.488 e. The molecular formula is C20H30IN5O2S. The number of aliphatic imine (C=N–C) groups is 1. The first-order chi connectivity index (χ1) is 13.3. The lowest BCUT2D eigenvalue weighted by Crippen LogP contribution is -2.41. The molecule has 1 amide bonds. The fourth-order valence-electron chi connectivity index (χ4n) is 2.44. The molecule has 0 saturated carbocycles. The number of nitrogens with one attached hydrogen (secondary N) is 3. The highest BCUT2D eigenvalue weighted by atomic mass is 127. The van der Waals surface area contributed by atoms with Crippen LogP contribution >= 0.6 is 35.3 Å². The van der Waals surface area contributed by atoms with E-state index >= 15 is 0 Å². The highest BCUT2D eigenvalue weighted by Gasteiger charge is 2.14. The summed E-state index contributed by atoms with van der Waals surface area (Å²) in [7, 11) is 1.71. The van der Waals surface area contributed by atoms with Gasteiger partial charge in [0.1, 0.15) is 16.2 Å². The number of amides is 1. The molecule has 0 saturated heterocycles. The Hall–Kier alpha value is -1.88. The summed E-state index contributed by atoms with van der Waals surface area (Å²) in [5.41, 5.74) is 3.22. The van der Waals surface area contributed by atoms with Gasteiger partial charge in [-0.05, 0) is 33.8 Å². The van der Waals surface area contributed by atoms with E-state index in [0.717, 1.165) is 17.0 Å². The SMILES string of the molecule is CN=C(NCCNC(=O)c1scnc1C)NCc1ccccc1OC(C)(C)C.I. The maximum atomic E-state index is 12.1. The van der Waals surface area contributed by atoms with Crippen LogP contribution in [0.2, 0.25) is 0 Å². The Labute approximate surface area is 193 Å². The minimum absolute atomic E-state index is 0. The molecule has 3 N–H and O–H groups in total. The van der Waals surface area contributed by atoms with Gasteiger partial charge in [-0.3, -0.25) is 9.79 Å². The zero-order valence-electron chi connectivity index (χ0n) is 17.5. The first-order valence-electron chi connectivity index (χ1n) is 9.20. The van der Waals surface area contributed by atoms with E-state index < -0.39 is 0 Å². The molecule has 160 valence electrons. The molecule has 2 rings (SSSR count). The van der Waals surface area contributed by atoms with Crippen LogP contribution in [0, 0.1) is 6.92 Å². The Bertz CT molecular complexity index is 817. The van der Waals surface area contributed by atoms with Gasteiger partial charge < -0.3 is 20.7 Å².